The molecule has 0 radical (unpaired) electrons. The van der Waals surface area contributed by atoms with Gasteiger partial charge in [-0.05, 0) is 47.4 Å². The first-order valence-corrected chi connectivity index (χ1v) is 7.39. The zero-order valence-electron chi connectivity index (χ0n) is 8.94. The van der Waals surface area contributed by atoms with E-state index in [0.29, 0.717) is 11.4 Å². The van der Waals surface area contributed by atoms with E-state index in [9.17, 15) is 4.79 Å². The molecule has 1 aliphatic heterocycles. The van der Waals surface area contributed by atoms with Gasteiger partial charge < -0.3 is 10.4 Å². The molecule has 5 heteroatoms. The van der Waals surface area contributed by atoms with Crippen molar-refractivity contribution in [1.82, 2.24) is 5.32 Å². The monoisotopic (exact) mass is 257 g/mol. The molecule has 2 N–H and O–H groups in total. The third kappa shape index (κ3) is 2.99. The van der Waals surface area contributed by atoms with Crippen molar-refractivity contribution in [1.29, 1.82) is 0 Å². The van der Waals surface area contributed by atoms with Crippen LogP contribution in [0.15, 0.2) is 11.4 Å². The van der Waals surface area contributed by atoms with E-state index in [1.165, 1.54) is 29.3 Å². The van der Waals surface area contributed by atoms with Gasteiger partial charge in [-0.25, -0.2) is 4.79 Å². The summed E-state index contributed by atoms with van der Waals surface area (Å²) < 4.78 is 0. The van der Waals surface area contributed by atoms with Crippen molar-refractivity contribution in [2.24, 2.45) is 5.92 Å². The van der Waals surface area contributed by atoms with Gasteiger partial charge in [0.2, 0.25) is 0 Å². The van der Waals surface area contributed by atoms with E-state index in [-0.39, 0.29) is 0 Å². The number of nitrogens with one attached hydrogen (secondary N) is 1. The molecule has 1 unspecified atom stereocenters. The van der Waals surface area contributed by atoms with Gasteiger partial charge in [0.05, 0.1) is 0 Å². The molecule has 0 amide bonds. The SMILES string of the molecule is O=C(O)c1sccc1CNCC1CCSC1. The summed E-state index contributed by atoms with van der Waals surface area (Å²) >= 11 is 3.30. The number of carboxylic acid groups (broad SMARTS) is 1. The van der Waals surface area contributed by atoms with E-state index in [1.807, 2.05) is 23.2 Å². The number of thioether (sulfide) groups is 1. The van der Waals surface area contributed by atoms with Crippen molar-refractivity contribution in [3.63, 3.8) is 0 Å². The third-order valence-corrected chi connectivity index (χ3v) is 4.89. The molecule has 2 rings (SSSR count). The predicted molar refractivity (Wildman–Crippen MR) is 68.4 cm³/mol. The maximum Gasteiger partial charge on any atom is 0.346 e. The summed E-state index contributed by atoms with van der Waals surface area (Å²) in [6.45, 7) is 1.67. The zero-order chi connectivity index (χ0) is 11.4. The smallest absolute Gasteiger partial charge is 0.346 e. The van der Waals surface area contributed by atoms with Gasteiger partial charge in [0.1, 0.15) is 4.88 Å². The van der Waals surface area contributed by atoms with Gasteiger partial charge >= 0.3 is 5.97 Å². The van der Waals surface area contributed by atoms with Gasteiger partial charge in [0.15, 0.2) is 0 Å². The molecule has 1 atom stereocenters. The Morgan fingerprint density at radius 2 is 2.50 bits per heavy atom. The Hall–Kier alpha value is -0.520. The van der Waals surface area contributed by atoms with Gasteiger partial charge in [-0.1, -0.05) is 0 Å². The van der Waals surface area contributed by atoms with Crippen molar-refractivity contribution in [2.75, 3.05) is 18.1 Å². The second kappa shape index (κ2) is 5.70. The predicted octanol–water partition coefficient (Wildman–Crippen LogP) is 2.29. The molecule has 0 saturated carbocycles. The van der Waals surface area contributed by atoms with Gasteiger partial charge in [0.25, 0.3) is 0 Å². The van der Waals surface area contributed by atoms with Crippen molar-refractivity contribution in [2.45, 2.75) is 13.0 Å². The molecule has 3 nitrogen and oxygen atoms in total. The summed E-state index contributed by atoms with van der Waals surface area (Å²) in [5, 5.41) is 14.1. The number of aromatic carboxylic acids is 1. The Labute approximate surface area is 103 Å². The highest BCUT2D eigenvalue weighted by Crippen LogP contribution is 2.23. The molecule has 88 valence electrons. The van der Waals surface area contributed by atoms with E-state index < -0.39 is 5.97 Å². The maximum atomic E-state index is 10.9. The largest absolute Gasteiger partial charge is 0.477 e. The fourth-order valence-corrected chi connectivity index (χ4v) is 3.86. The summed E-state index contributed by atoms with van der Waals surface area (Å²) in [5.74, 6) is 2.45. The van der Waals surface area contributed by atoms with Gasteiger partial charge in [-0.3, -0.25) is 0 Å². The first kappa shape index (κ1) is 12.0. The number of hydrogen-bond donors (Lipinski definition) is 2. The molecular weight excluding hydrogens is 242 g/mol. The minimum Gasteiger partial charge on any atom is -0.477 e. The highest BCUT2D eigenvalue weighted by Gasteiger charge is 2.15. The van der Waals surface area contributed by atoms with Crippen LogP contribution in [-0.2, 0) is 6.54 Å². The van der Waals surface area contributed by atoms with Crippen LogP contribution in [-0.4, -0.2) is 29.1 Å². The average molecular weight is 257 g/mol. The number of carboxylic acids is 1. The van der Waals surface area contributed by atoms with E-state index in [4.69, 9.17) is 5.11 Å². The highest BCUT2D eigenvalue weighted by atomic mass is 32.2. The molecule has 0 aliphatic carbocycles. The van der Waals surface area contributed by atoms with E-state index >= 15 is 0 Å². The van der Waals surface area contributed by atoms with Crippen LogP contribution in [0.4, 0.5) is 0 Å². The fraction of sp³-hybridized carbons (Fsp3) is 0.545. The Balaban J connectivity index is 1.80. The number of rotatable bonds is 5. The molecule has 1 aromatic rings. The summed E-state index contributed by atoms with van der Waals surface area (Å²) in [6.07, 6.45) is 1.28. The minimum absolute atomic E-state index is 0.466. The molecular formula is C11H15NO2S2. The molecule has 16 heavy (non-hydrogen) atoms. The topological polar surface area (TPSA) is 49.3 Å². The van der Waals surface area contributed by atoms with Gasteiger partial charge in [0, 0.05) is 6.54 Å². The molecule has 0 bridgehead atoms. The molecule has 0 spiro atoms. The molecule has 1 aliphatic rings. The fourth-order valence-electron chi connectivity index (χ4n) is 1.82. The van der Waals surface area contributed by atoms with Crippen LogP contribution in [0.5, 0.6) is 0 Å². The Bertz CT molecular complexity index is 359. The minimum atomic E-state index is -0.816. The van der Waals surface area contributed by atoms with E-state index in [0.717, 1.165) is 18.0 Å². The molecule has 2 heterocycles. The first-order valence-electron chi connectivity index (χ1n) is 5.35. The van der Waals surface area contributed by atoms with Crippen LogP contribution >= 0.6 is 23.1 Å². The average Bonchev–Trinajstić information content (AvgIpc) is 2.87. The normalized spacial score (nSPS) is 20.1. The number of thiophene rings is 1. The second-order valence-electron chi connectivity index (χ2n) is 3.94. The Morgan fingerprint density at radius 1 is 1.62 bits per heavy atom. The van der Waals surface area contributed by atoms with Crippen LogP contribution < -0.4 is 5.32 Å². The molecule has 1 fully saturated rings. The summed E-state index contributed by atoms with van der Waals surface area (Å²) in [5.41, 5.74) is 0.906. The van der Waals surface area contributed by atoms with Crippen LogP contribution in [0.25, 0.3) is 0 Å². The first-order chi connectivity index (χ1) is 7.77. The summed E-state index contributed by atoms with van der Waals surface area (Å²) in [7, 11) is 0. The quantitative estimate of drug-likeness (QED) is 0.849. The third-order valence-electron chi connectivity index (χ3n) is 2.71. The van der Waals surface area contributed by atoms with Crippen molar-refractivity contribution in [3.05, 3.63) is 21.9 Å². The summed E-state index contributed by atoms with van der Waals surface area (Å²) in [4.78, 5) is 11.3. The number of hydrogen-bond acceptors (Lipinski definition) is 4. The lowest BCUT2D eigenvalue weighted by molar-refractivity contribution is 0.0701. The highest BCUT2D eigenvalue weighted by molar-refractivity contribution is 7.99. The standard InChI is InChI=1S/C11H15NO2S2/c13-11(14)10-9(2-4-16-10)6-12-5-8-1-3-15-7-8/h2,4,8,12H,1,3,5-7H2,(H,13,14). The summed E-state index contributed by atoms with van der Waals surface area (Å²) in [6, 6.07) is 1.89. The van der Waals surface area contributed by atoms with Crippen LogP contribution in [0.1, 0.15) is 21.7 Å². The van der Waals surface area contributed by atoms with E-state index in [2.05, 4.69) is 5.32 Å². The molecule has 0 aromatic carbocycles. The van der Waals surface area contributed by atoms with Gasteiger partial charge in [-0.2, -0.15) is 11.8 Å². The van der Waals surface area contributed by atoms with E-state index in [1.54, 1.807) is 0 Å². The maximum absolute atomic E-state index is 10.9. The van der Waals surface area contributed by atoms with Crippen molar-refractivity contribution in [3.8, 4) is 0 Å². The second-order valence-corrected chi connectivity index (χ2v) is 6.01. The lowest BCUT2D eigenvalue weighted by Gasteiger charge is -2.09. The molecule has 1 saturated heterocycles. The molecule has 1 aromatic heterocycles. The number of carbonyl (C=O) groups is 1. The lowest BCUT2D eigenvalue weighted by Crippen LogP contribution is -2.22. The van der Waals surface area contributed by atoms with Crippen molar-refractivity contribution >= 4 is 29.1 Å². The Morgan fingerprint density at radius 3 is 3.19 bits per heavy atom. The lowest BCUT2D eigenvalue weighted by atomic mass is 10.1. The van der Waals surface area contributed by atoms with Crippen LogP contribution in [0.3, 0.4) is 0 Å². The van der Waals surface area contributed by atoms with Crippen LogP contribution in [0, 0.1) is 5.92 Å². The van der Waals surface area contributed by atoms with Gasteiger partial charge in [-0.15, -0.1) is 11.3 Å². The zero-order valence-corrected chi connectivity index (χ0v) is 10.6. The van der Waals surface area contributed by atoms with Crippen molar-refractivity contribution < 1.29 is 9.90 Å². The van der Waals surface area contributed by atoms with Crippen LogP contribution in [0.2, 0.25) is 0 Å². The Kier molecular flexibility index (Phi) is 4.26.